The Morgan fingerprint density at radius 1 is 0.967 bits per heavy atom. The number of imide groups is 1. The van der Waals surface area contributed by atoms with Gasteiger partial charge < -0.3 is 18.9 Å². The van der Waals surface area contributed by atoms with Crippen molar-refractivity contribution in [1.29, 1.82) is 0 Å². The van der Waals surface area contributed by atoms with Crippen LogP contribution in [0.25, 0.3) is 0 Å². The lowest BCUT2D eigenvalue weighted by atomic mass is 10.0. The average Bonchev–Trinajstić information content (AvgIpc) is 2.58. The minimum atomic E-state index is -1.53. The van der Waals surface area contributed by atoms with E-state index >= 15 is 0 Å². The number of benzene rings is 1. The van der Waals surface area contributed by atoms with E-state index in [0.29, 0.717) is 10.6 Å². The zero-order valence-corrected chi connectivity index (χ0v) is 18.7. The molecule has 30 heavy (non-hydrogen) atoms. The molecule has 0 saturated carbocycles. The topological polar surface area (TPSA) is 91.4 Å². The maximum absolute atomic E-state index is 14.4. The third-order valence-electron chi connectivity index (χ3n) is 3.63. The van der Waals surface area contributed by atoms with Crippen molar-refractivity contribution < 1.29 is 37.7 Å². The number of rotatable bonds is 5. The first-order valence-corrected chi connectivity index (χ1v) is 9.34. The van der Waals surface area contributed by atoms with Crippen molar-refractivity contribution in [1.82, 2.24) is 4.90 Å². The SMILES string of the molecule is COC(=O)[C@H](Cc1cc(OC)ccc1[18F])N(C(=O)OC(C)(C)C)C(=O)OC(C)(C)C. The largest absolute Gasteiger partial charge is 0.497 e. The lowest BCUT2D eigenvalue weighted by Gasteiger charge is -2.32. The molecule has 0 N–H and O–H groups in total. The van der Waals surface area contributed by atoms with Gasteiger partial charge in [-0.1, -0.05) is 0 Å². The predicted molar refractivity (Wildman–Crippen MR) is 107 cm³/mol. The lowest BCUT2D eigenvalue weighted by molar-refractivity contribution is -0.146. The van der Waals surface area contributed by atoms with E-state index in [1.54, 1.807) is 41.5 Å². The van der Waals surface area contributed by atoms with Crippen LogP contribution in [0.15, 0.2) is 18.2 Å². The second kappa shape index (κ2) is 9.77. The Morgan fingerprint density at radius 3 is 1.87 bits per heavy atom. The van der Waals surface area contributed by atoms with Crippen LogP contribution < -0.4 is 4.74 Å². The van der Waals surface area contributed by atoms with Gasteiger partial charge in [0.25, 0.3) is 0 Å². The van der Waals surface area contributed by atoms with Crippen LogP contribution in [0.5, 0.6) is 5.75 Å². The highest BCUT2D eigenvalue weighted by molar-refractivity contribution is 5.94. The molecule has 1 rings (SSSR count). The number of esters is 1. The molecular formula is C21H30FNO7. The molecule has 0 heterocycles. The molecule has 168 valence electrons. The summed E-state index contributed by atoms with van der Waals surface area (Å²) in [7, 11) is 2.50. The summed E-state index contributed by atoms with van der Waals surface area (Å²) in [5.41, 5.74) is -1.87. The number of carbonyl (C=O) groups is 3. The zero-order chi connectivity index (χ0) is 23.3. The molecular weight excluding hydrogens is 396 g/mol. The average molecular weight is 426 g/mol. The van der Waals surface area contributed by atoms with E-state index in [1.807, 2.05) is 0 Å². The van der Waals surface area contributed by atoms with Gasteiger partial charge in [-0.2, -0.15) is 4.90 Å². The van der Waals surface area contributed by atoms with Crippen LogP contribution in [0.2, 0.25) is 0 Å². The summed E-state index contributed by atoms with van der Waals surface area (Å²) in [5.74, 6) is -1.23. The summed E-state index contributed by atoms with van der Waals surface area (Å²) in [5, 5.41) is 0. The molecule has 0 bridgehead atoms. The Bertz CT molecular complexity index is 753. The van der Waals surface area contributed by atoms with E-state index in [1.165, 1.54) is 19.2 Å². The van der Waals surface area contributed by atoms with Crippen LogP contribution in [-0.2, 0) is 25.4 Å². The summed E-state index contributed by atoms with van der Waals surface area (Å²) in [6, 6.07) is 2.41. The van der Waals surface area contributed by atoms with Gasteiger partial charge in [-0.3, -0.25) is 0 Å². The zero-order valence-electron chi connectivity index (χ0n) is 18.7. The van der Waals surface area contributed by atoms with Crippen molar-refractivity contribution in [2.75, 3.05) is 14.2 Å². The predicted octanol–water partition coefficient (Wildman–Crippen LogP) is 4.09. The van der Waals surface area contributed by atoms with Crippen molar-refractivity contribution in [3.63, 3.8) is 0 Å². The summed E-state index contributed by atoms with van der Waals surface area (Å²) >= 11 is 0. The number of carbonyl (C=O) groups excluding carboxylic acids is 3. The molecule has 8 nitrogen and oxygen atoms in total. The molecule has 9 heteroatoms. The summed E-state index contributed by atoms with van der Waals surface area (Å²) in [4.78, 5) is 38.7. The van der Waals surface area contributed by atoms with Crippen LogP contribution in [0.1, 0.15) is 47.1 Å². The molecule has 2 amide bonds. The van der Waals surface area contributed by atoms with Crippen molar-refractivity contribution >= 4 is 18.2 Å². The second-order valence-electron chi connectivity index (χ2n) is 8.53. The maximum Gasteiger partial charge on any atom is 0.420 e. The number of nitrogens with zero attached hydrogens (tertiary/aromatic N) is 1. The maximum atomic E-state index is 14.4. The van der Waals surface area contributed by atoms with Gasteiger partial charge in [0.05, 0.1) is 14.2 Å². The minimum Gasteiger partial charge on any atom is -0.497 e. The van der Waals surface area contributed by atoms with Crippen molar-refractivity contribution in [2.24, 2.45) is 0 Å². The first-order chi connectivity index (χ1) is 13.7. The number of hydrogen-bond acceptors (Lipinski definition) is 7. The highest BCUT2D eigenvalue weighted by atomic mass is 18.2. The van der Waals surface area contributed by atoms with Crippen LogP contribution in [0, 0.1) is 5.82 Å². The molecule has 1 aromatic rings. The molecule has 0 saturated heterocycles. The lowest BCUT2D eigenvalue weighted by Crippen LogP contribution is -2.53. The van der Waals surface area contributed by atoms with Gasteiger partial charge in [-0.05, 0) is 65.3 Å². The normalized spacial score (nSPS) is 12.6. The van der Waals surface area contributed by atoms with E-state index in [9.17, 15) is 18.8 Å². The van der Waals surface area contributed by atoms with E-state index in [0.717, 1.165) is 13.2 Å². The number of hydrogen-bond donors (Lipinski definition) is 0. The van der Waals surface area contributed by atoms with Gasteiger partial charge in [0.1, 0.15) is 28.8 Å². The van der Waals surface area contributed by atoms with Crippen LogP contribution in [0.4, 0.5) is 14.0 Å². The Hall–Kier alpha value is -2.84. The van der Waals surface area contributed by atoms with Gasteiger partial charge >= 0.3 is 18.2 Å². The molecule has 0 aliphatic carbocycles. The molecule has 0 fully saturated rings. The molecule has 0 aliphatic rings. The second-order valence-corrected chi connectivity index (χ2v) is 8.53. The molecule has 0 aromatic heterocycles. The smallest absolute Gasteiger partial charge is 0.420 e. The molecule has 0 unspecified atom stereocenters. The summed E-state index contributed by atoms with van der Waals surface area (Å²) in [6.07, 6.45) is -2.60. The van der Waals surface area contributed by atoms with Crippen LogP contribution in [0.3, 0.4) is 0 Å². The first kappa shape index (κ1) is 25.2. The Kier molecular flexibility index (Phi) is 8.21. The third kappa shape index (κ3) is 7.53. The quantitative estimate of drug-likeness (QED) is 0.517. The van der Waals surface area contributed by atoms with Gasteiger partial charge in [-0.15, -0.1) is 0 Å². The summed E-state index contributed by atoms with van der Waals surface area (Å²) < 4.78 is 34.8. The number of halogens is 1. The van der Waals surface area contributed by atoms with Crippen molar-refractivity contribution in [2.45, 2.75) is 65.2 Å². The number of ether oxygens (including phenoxy) is 4. The fraction of sp³-hybridized carbons (Fsp3) is 0.571. The molecule has 1 aromatic carbocycles. The molecule has 0 radical (unpaired) electrons. The standard InChI is InChI=1S/C21H30FNO7/c1-20(2,3)29-18(25)23(19(26)30-21(4,5)6)16(17(24)28-8)12-13-11-14(27-7)9-10-15(13)22/h9-11,16H,12H2,1-8H3/t16-/m0/s1/i22-1. The Balaban J connectivity index is 3.44. The van der Waals surface area contributed by atoms with E-state index in [2.05, 4.69) is 0 Å². The van der Waals surface area contributed by atoms with Gasteiger partial charge in [-0.25, -0.2) is 18.8 Å². The van der Waals surface area contributed by atoms with Crippen LogP contribution >= 0.6 is 0 Å². The molecule has 1 atom stereocenters. The van der Waals surface area contributed by atoms with Crippen molar-refractivity contribution in [3.05, 3.63) is 29.6 Å². The van der Waals surface area contributed by atoms with Gasteiger partial charge in [0.15, 0.2) is 0 Å². The van der Waals surface area contributed by atoms with Gasteiger partial charge in [0, 0.05) is 6.42 Å². The van der Waals surface area contributed by atoms with Crippen LogP contribution in [-0.4, -0.2) is 54.5 Å². The van der Waals surface area contributed by atoms with Crippen molar-refractivity contribution in [3.8, 4) is 5.75 Å². The summed E-state index contributed by atoms with van der Waals surface area (Å²) in [6.45, 7) is 9.63. The monoisotopic (exact) mass is 426 g/mol. The van der Waals surface area contributed by atoms with E-state index < -0.39 is 41.2 Å². The highest BCUT2D eigenvalue weighted by Gasteiger charge is 2.41. The fourth-order valence-corrected chi connectivity index (χ4v) is 2.41. The number of methoxy groups -OCH3 is 2. The number of amides is 2. The molecule has 0 spiro atoms. The highest BCUT2D eigenvalue weighted by Crippen LogP contribution is 2.23. The Morgan fingerprint density at radius 2 is 1.47 bits per heavy atom. The van der Waals surface area contributed by atoms with Gasteiger partial charge in [0.2, 0.25) is 0 Å². The third-order valence-corrected chi connectivity index (χ3v) is 3.63. The molecule has 0 aliphatic heterocycles. The van der Waals surface area contributed by atoms with E-state index in [4.69, 9.17) is 18.9 Å². The Labute approximate surface area is 176 Å². The fourth-order valence-electron chi connectivity index (χ4n) is 2.41. The minimum absolute atomic E-state index is 0.0434. The first-order valence-electron chi connectivity index (χ1n) is 9.34. The van der Waals surface area contributed by atoms with E-state index in [-0.39, 0.29) is 12.0 Å².